The maximum atomic E-state index is 13.6. The minimum atomic E-state index is -4.30. The molecule has 1 unspecified atom stereocenters. The average molecular weight is 473 g/mol. The van der Waals surface area contributed by atoms with E-state index in [1.54, 1.807) is 0 Å². The van der Waals surface area contributed by atoms with Crippen LogP contribution in [0.1, 0.15) is 16.1 Å². The fourth-order valence-electron chi connectivity index (χ4n) is 3.44. The molecule has 10 nitrogen and oxygen atoms in total. The Kier molecular flexibility index (Phi) is 6.65. The molecule has 2 heterocycles. The van der Waals surface area contributed by atoms with Crippen molar-refractivity contribution in [3.05, 3.63) is 46.5 Å². The molecule has 13 heteroatoms. The molecule has 0 saturated carbocycles. The summed E-state index contributed by atoms with van der Waals surface area (Å²) in [7, 11) is -2.81. The lowest BCUT2D eigenvalue weighted by molar-refractivity contribution is -0.127. The van der Waals surface area contributed by atoms with Crippen molar-refractivity contribution >= 4 is 33.4 Å². The van der Waals surface area contributed by atoms with Crippen LogP contribution >= 0.6 is 11.6 Å². The third kappa shape index (κ3) is 4.28. The SMILES string of the molecule is Cc1nn(C)c(Cl)c1S(=O)(=O)N1CCN(C(=O)c2cccc(F)c2)C1C(=O)NCCN. The molecule has 3 N–H and O–H groups in total. The van der Waals surface area contributed by atoms with Crippen LogP contribution in [0.4, 0.5) is 4.39 Å². The van der Waals surface area contributed by atoms with Crippen molar-refractivity contribution in [2.75, 3.05) is 26.2 Å². The molecule has 0 aliphatic carbocycles. The zero-order valence-electron chi connectivity index (χ0n) is 16.9. The molecule has 1 fully saturated rings. The molecule has 0 bridgehead atoms. The van der Waals surface area contributed by atoms with Crippen LogP contribution in [0, 0.1) is 12.7 Å². The fourth-order valence-corrected chi connectivity index (χ4v) is 5.69. The molecular formula is C18H22ClFN6O4S. The number of carbonyl (C=O) groups is 2. The third-order valence-electron chi connectivity index (χ3n) is 4.81. The second-order valence-corrected chi connectivity index (χ2v) is 9.09. The molecule has 1 aromatic carbocycles. The van der Waals surface area contributed by atoms with Gasteiger partial charge in [0.2, 0.25) is 10.0 Å². The number of aromatic nitrogens is 2. The predicted octanol–water partition coefficient (Wildman–Crippen LogP) is 0.0687. The van der Waals surface area contributed by atoms with Gasteiger partial charge in [-0.05, 0) is 25.1 Å². The second-order valence-electron chi connectivity index (χ2n) is 6.91. The number of benzene rings is 1. The Bertz CT molecular complexity index is 1120. The summed E-state index contributed by atoms with van der Waals surface area (Å²) in [6.45, 7) is 1.45. The summed E-state index contributed by atoms with van der Waals surface area (Å²) >= 11 is 6.16. The van der Waals surface area contributed by atoms with Crippen LogP contribution in [0.25, 0.3) is 0 Å². The molecule has 0 radical (unpaired) electrons. The van der Waals surface area contributed by atoms with Gasteiger partial charge in [0.15, 0.2) is 6.17 Å². The van der Waals surface area contributed by atoms with Crippen LogP contribution in [-0.2, 0) is 21.9 Å². The number of nitrogens with one attached hydrogen (secondary N) is 1. The number of nitrogens with zero attached hydrogens (tertiary/aromatic N) is 4. The van der Waals surface area contributed by atoms with E-state index >= 15 is 0 Å². The molecule has 1 aliphatic heterocycles. The summed E-state index contributed by atoms with van der Waals surface area (Å²) in [4.78, 5) is 26.8. The lowest BCUT2D eigenvalue weighted by atomic mass is 10.2. The van der Waals surface area contributed by atoms with Gasteiger partial charge in [-0.2, -0.15) is 9.40 Å². The van der Waals surface area contributed by atoms with Gasteiger partial charge in [0.05, 0.1) is 5.69 Å². The van der Waals surface area contributed by atoms with Gasteiger partial charge in [-0.15, -0.1) is 0 Å². The van der Waals surface area contributed by atoms with Crippen molar-refractivity contribution in [3.8, 4) is 0 Å². The highest BCUT2D eigenvalue weighted by molar-refractivity contribution is 7.89. The first-order valence-corrected chi connectivity index (χ1v) is 11.2. The van der Waals surface area contributed by atoms with Gasteiger partial charge in [0, 0.05) is 38.8 Å². The van der Waals surface area contributed by atoms with Gasteiger partial charge in [-0.3, -0.25) is 14.3 Å². The van der Waals surface area contributed by atoms with E-state index in [0.29, 0.717) is 0 Å². The maximum absolute atomic E-state index is 13.6. The Morgan fingerprint density at radius 2 is 2.06 bits per heavy atom. The van der Waals surface area contributed by atoms with E-state index in [9.17, 15) is 22.4 Å². The normalized spacial score (nSPS) is 17.2. The lowest BCUT2D eigenvalue weighted by Gasteiger charge is -2.28. The standard InChI is InChI=1S/C18H22ClFN6O4S/c1-11-14(15(19)24(2)23-11)31(29,30)26-9-8-25(17(26)16(27)22-7-6-21)18(28)12-4-3-5-13(20)10-12/h3-5,10,17H,6-9,21H2,1-2H3,(H,22,27). The summed E-state index contributed by atoms with van der Waals surface area (Å²) in [5.74, 6) is -2.04. The van der Waals surface area contributed by atoms with Gasteiger partial charge in [0.25, 0.3) is 11.8 Å². The molecule has 1 aromatic heterocycles. The number of aryl methyl sites for hydroxylation is 2. The highest BCUT2D eigenvalue weighted by atomic mass is 35.5. The molecule has 3 rings (SSSR count). The monoisotopic (exact) mass is 472 g/mol. The number of halogens is 2. The summed E-state index contributed by atoms with van der Waals surface area (Å²) in [6.07, 6.45) is -1.50. The van der Waals surface area contributed by atoms with Gasteiger partial charge >= 0.3 is 0 Å². The Hall–Kier alpha value is -2.54. The smallest absolute Gasteiger partial charge is 0.259 e. The van der Waals surface area contributed by atoms with Crippen LogP contribution in [0.15, 0.2) is 29.2 Å². The highest BCUT2D eigenvalue weighted by Gasteiger charge is 2.48. The molecule has 1 aliphatic rings. The number of hydrogen-bond acceptors (Lipinski definition) is 6. The van der Waals surface area contributed by atoms with Gasteiger partial charge < -0.3 is 16.0 Å². The molecule has 0 spiro atoms. The van der Waals surface area contributed by atoms with Crippen LogP contribution in [0.3, 0.4) is 0 Å². The van der Waals surface area contributed by atoms with E-state index in [0.717, 1.165) is 15.3 Å². The topological polar surface area (TPSA) is 131 Å². The van der Waals surface area contributed by atoms with E-state index in [2.05, 4.69) is 10.4 Å². The number of sulfonamides is 1. The number of rotatable bonds is 6. The first-order chi connectivity index (χ1) is 14.6. The van der Waals surface area contributed by atoms with Crippen LogP contribution < -0.4 is 11.1 Å². The molecule has 168 valence electrons. The van der Waals surface area contributed by atoms with E-state index < -0.39 is 33.8 Å². The first kappa shape index (κ1) is 23.1. The molecule has 1 saturated heterocycles. The summed E-state index contributed by atoms with van der Waals surface area (Å²) in [6, 6.07) is 4.95. The lowest BCUT2D eigenvalue weighted by Crippen LogP contribution is -2.54. The molecule has 2 amide bonds. The third-order valence-corrected chi connectivity index (χ3v) is 7.36. The zero-order valence-corrected chi connectivity index (χ0v) is 18.5. The van der Waals surface area contributed by atoms with E-state index in [-0.39, 0.29) is 47.5 Å². The number of carbonyl (C=O) groups excluding carboxylic acids is 2. The summed E-state index contributed by atoms with van der Waals surface area (Å²) in [5.41, 5.74) is 5.58. The largest absolute Gasteiger partial charge is 0.352 e. The van der Waals surface area contributed by atoms with Crippen molar-refractivity contribution in [2.45, 2.75) is 18.0 Å². The Balaban J connectivity index is 2.04. The molecule has 31 heavy (non-hydrogen) atoms. The van der Waals surface area contributed by atoms with Gasteiger partial charge in [-0.1, -0.05) is 17.7 Å². The van der Waals surface area contributed by atoms with Crippen LogP contribution in [-0.4, -0.2) is 71.6 Å². The fraction of sp³-hybridized carbons (Fsp3) is 0.389. The number of nitrogens with two attached hydrogens (primary N) is 1. The number of amides is 2. The van der Waals surface area contributed by atoms with Crippen molar-refractivity contribution in [1.29, 1.82) is 0 Å². The first-order valence-electron chi connectivity index (χ1n) is 9.34. The van der Waals surface area contributed by atoms with Crippen molar-refractivity contribution in [2.24, 2.45) is 12.8 Å². The summed E-state index contributed by atoms with van der Waals surface area (Å²) < 4.78 is 42.6. The Labute approximate surface area is 183 Å². The Morgan fingerprint density at radius 1 is 1.35 bits per heavy atom. The van der Waals surface area contributed by atoms with Crippen molar-refractivity contribution < 1.29 is 22.4 Å². The van der Waals surface area contributed by atoms with Crippen LogP contribution in [0.5, 0.6) is 0 Å². The Morgan fingerprint density at radius 3 is 2.65 bits per heavy atom. The quantitative estimate of drug-likeness (QED) is 0.611. The zero-order chi connectivity index (χ0) is 22.9. The number of hydrogen-bond donors (Lipinski definition) is 2. The second kappa shape index (κ2) is 8.91. The summed E-state index contributed by atoms with van der Waals surface area (Å²) in [5, 5.41) is 6.42. The average Bonchev–Trinajstić information content (AvgIpc) is 3.27. The molecular weight excluding hydrogens is 451 g/mol. The van der Waals surface area contributed by atoms with Crippen molar-refractivity contribution in [3.63, 3.8) is 0 Å². The molecule has 2 aromatic rings. The maximum Gasteiger partial charge on any atom is 0.259 e. The van der Waals surface area contributed by atoms with Crippen LogP contribution in [0.2, 0.25) is 5.15 Å². The van der Waals surface area contributed by atoms with E-state index in [1.165, 1.54) is 36.9 Å². The highest BCUT2D eigenvalue weighted by Crippen LogP contribution is 2.31. The molecule has 1 atom stereocenters. The van der Waals surface area contributed by atoms with Gasteiger partial charge in [0.1, 0.15) is 15.9 Å². The van der Waals surface area contributed by atoms with E-state index in [1.807, 2.05) is 0 Å². The van der Waals surface area contributed by atoms with E-state index in [4.69, 9.17) is 17.3 Å². The minimum absolute atomic E-state index is 0.00790. The predicted molar refractivity (Wildman–Crippen MR) is 110 cm³/mol. The van der Waals surface area contributed by atoms with Crippen molar-refractivity contribution in [1.82, 2.24) is 24.3 Å². The van der Waals surface area contributed by atoms with Gasteiger partial charge in [-0.25, -0.2) is 12.8 Å². The minimum Gasteiger partial charge on any atom is -0.352 e.